The van der Waals surface area contributed by atoms with Crippen LogP contribution in [-0.4, -0.2) is 16.1 Å². The van der Waals surface area contributed by atoms with E-state index in [0.29, 0.717) is 0 Å². The fourth-order valence-electron chi connectivity index (χ4n) is 0.711. The van der Waals surface area contributed by atoms with Crippen molar-refractivity contribution in [1.29, 1.82) is 0 Å². The number of hydrogen-bond acceptors (Lipinski definition) is 3. The van der Waals surface area contributed by atoms with Crippen molar-refractivity contribution in [2.75, 3.05) is 0 Å². The third kappa shape index (κ3) is 10.6. The first-order valence-electron chi connectivity index (χ1n) is 4.16. The predicted molar refractivity (Wildman–Crippen MR) is 64.9 cm³/mol. The highest BCUT2D eigenvalue weighted by atomic mass is 32.5. The molecular formula is C9H23O3PS. The Morgan fingerprint density at radius 3 is 1.29 bits per heavy atom. The molecule has 0 amide bonds. The van der Waals surface area contributed by atoms with Gasteiger partial charge in [0.1, 0.15) is 0 Å². The van der Waals surface area contributed by atoms with E-state index in [1.54, 1.807) is 0 Å². The molecule has 0 saturated carbocycles. The van der Waals surface area contributed by atoms with Crippen molar-refractivity contribution in [2.45, 2.75) is 60.2 Å². The molecule has 0 bridgehead atoms. The van der Waals surface area contributed by atoms with E-state index in [2.05, 4.69) is 0 Å². The van der Waals surface area contributed by atoms with Gasteiger partial charge >= 0.3 is 6.72 Å². The maximum Gasteiger partial charge on any atom is 0.325 e. The summed E-state index contributed by atoms with van der Waals surface area (Å²) in [6.45, 7) is 7.88. The zero-order chi connectivity index (χ0) is 10.9. The van der Waals surface area contributed by atoms with E-state index in [0.717, 1.165) is 0 Å². The Hall–Kier alpha value is 0.530. The molecule has 0 aliphatic carbocycles. The highest BCUT2D eigenvalue weighted by molar-refractivity contribution is 8.07. The lowest BCUT2D eigenvalue weighted by Gasteiger charge is -2.30. The van der Waals surface area contributed by atoms with E-state index >= 15 is 0 Å². The van der Waals surface area contributed by atoms with Crippen LogP contribution in [0.3, 0.4) is 0 Å². The molecule has 0 saturated heterocycles. The van der Waals surface area contributed by atoms with Crippen LogP contribution >= 0.6 is 6.72 Å². The Morgan fingerprint density at radius 1 is 0.929 bits per heavy atom. The molecule has 0 aliphatic heterocycles. The molecule has 1 N–H and O–H groups in total. The summed E-state index contributed by atoms with van der Waals surface area (Å²) in [6, 6.07) is 0. The molecule has 3 nitrogen and oxygen atoms in total. The van der Waals surface area contributed by atoms with Crippen LogP contribution in [0.5, 0.6) is 0 Å². The SMILES string of the molecule is C.CC(C)(C)OP(O)(=S)OC(C)(C)C. The fraction of sp³-hybridized carbons (Fsp3) is 1.00. The van der Waals surface area contributed by atoms with Gasteiger partial charge in [-0.3, -0.25) is 0 Å². The van der Waals surface area contributed by atoms with Gasteiger partial charge in [0.05, 0.1) is 11.2 Å². The summed E-state index contributed by atoms with van der Waals surface area (Å²) in [6.07, 6.45) is 0. The monoisotopic (exact) mass is 242 g/mol. The van der Waals surface area contributed by atoms with Gasteiger partial charge in [-0.05, 0) is 53.3 Å². The molecule has 0 radical (unpaired) electrons. The first kappa shape index (κ1) is 16.9. The van der Waals surface area contributed by atoms with E-state index in [9.17, 15) is 4.89 Å². The van der Waals surface area contributed by atoms with Gasteiger partial charge in [-0.2, -0.15) is 0 Å². The largest absolute Gasteiger partial charge is 0.325 e. The van der Waals surface area contributed by atoms with Crippen LogP contribution in [0.1, 0.15) is 49.0 Å². The van der Waals surface area contributed by atoms with Crippen molar-refractivity contribution in [2.24, 2.45) is 0 Å². The fourth-order valence-corrected chi connectivity index (χ4v) is 3.47. The molecule has 0 unspecified atom stereocenters. The van der Waals surface area contributed by atoms with Gasteiger partial charge in [0.15, 0.2) is 0 Å². The number of hydrogen-bond donors (Lipinski definition) is 1. The van der Waals surface area contributed by atoms with Crippen LogP contribution in [0.4, 0.5) is 0 Å². The highest BCUT2D eigenvalue weighted by Gasteiger charge is 2.28. The minimum atomic E-state index is -3.10. The Bertz CT molecular complexity index is 195. The number of rotatable bonds is 2. The zero-order valence-electron chi connectivity index (χ0n) is 9.12. The summed E-state index contributed by atoms with van der Waals surface area (Å²) in [5.41, 5.74) is -0.953. The Morgan fingerprint density at radius 2 is 1.14 bits per heavy atom. The Kier molecular flexibility index (Phi) is 6.10. The second kappa shape index (κ2) is 5.04. The minimum Gasteiger partial charge on any atom is -0.324 e. The lowest BCUT2D eigenvalue weighted by Crippen LogP contribution is -2.23. The average molecular weight is 242 g/mol. The molecule has 0 atom stereocenters. The van der Waals surface area contributed by atoms with Crippen LogP contribution in [0.25, 0.3) is 0 Å². The topological polar surface area (TPSA) is 38.7 Å². The molecule has 0 aromatic carbocycles. The van der Waals surface area contributed by atoms with Gasteiger partial charge in [0.2, 0.25) is 0 Å². The normalized spacial score (nSPS) is 13.6. The minimum absolute atomic E-state index is 0. The first-order valence-corrected chi connectivity index (χ1v) is 6.75. The highest BCUT2D eigenvalue weighted by Crippen LogP contribution is 2.50. The summed E-state index contributed by atoms with van der Waals surface area (Å²) in [4.78, 5) is 9.67. The molecule has 0 aliphatic rings. The average Bonchev–Trinajstić information content (AvgIpc) is 1.43. The van der Waals surface area contributed by atoms with Crippen LogP contribution in [0.2, 0.25) is 0 Å². The van der Waals surface area contributed by atoms with Gasteiger partial charge in [-0.1, -0.05) is 7.43 Å². The smallest absolute Gasteiger partial charge is 0.324 e. The molecule has 0 aromatic rings. The van der Waals surface area contributed by atoms with Gasteiger partial charge in [0.25, 0.3) is 0 Å². The van der Waals surface area contributed by atoms with Crippen molar-refractivity contribution >= 4 is 18.5 Å². The van der Waals surface area contributed by atoms with Gasteiger partial charge in [0, 0.05) is 0 Å². The van der Waals surface area contributed by atoms with Crippen molar-refractivity contribution in [3.63, 3.8) is 0 Å². The second-order valence-electron chi connectivity index (χ2n) is 4.88. The summed E-state index contributed by atoms with van der Waals surface area (Å²) in [5.74, 6) is 0. The van der Waals surface area contributed by atoms with E-state index in [4.69, 9.17) is 20.9 Å². The molecule has 5 heteroatoms. The van der Waals surface area contributed by atoms with Gasteiger partial charge in [-0.25, -0.2) is 0 Å². The molecule has 88 valence electrons. The van der Waals surface area contributed by atoms with Crippen molar-refractivity contribution < 1.29 is 13.9 Å². The second-order valence-corrected chi connectivity index (χ2v) is 7.56. The maximum atomic E-state index is 9.67. The molecule has 0 heterocycles. The van der Waals surface area contributed by atoms with Crippen LogP contribution < -0.4 is 0 Å². The maximum absolute atomic E-state index is 9.67. The molecule has 0 aromatic heterocycles. The van der Waals surface area contributed by atoms with Gasteiger partial charge in [-0.15, -0.1) is 0 Å². The summed E-state index contributed by atoms with van der Waals surface area (Å²) >= 11 is 4.86. The Balaban J connectivity index is 0. The summed E-state index contributed by atoms with van der Waals surface area (Å²) in [7, 11) is 0. The molecular weight excluding hydrogens is 219 g/mol. The van der Waals surface area contributed by atoms with E-state index in [1.165, 1.54) is 0 Å². The molecule has 0 spiro atoms. The third-order valence-electron chi connectivity index (χ3n) is 0.778. The molecule has 0 fully saturated rings. The summed E-state index contributed by atoms with van der Waals surface area (Å²) in [5, 5.41) is 0. The zero-order valence-corrected chi connectivity index (χ0v) is 10.8. The Labute approximate surface area is 93.1 Å². The standard InChI is InChI=1S/C8H19O3PS.CH4/c1-7(2,3)10-12(9,13)11-8(4,5)6;/h1-6H3,(H,9,13);1H4. The van der Waals surface area contributed by atoms with Crippen molar-refractivity contribution in [3.05, 3.63) is 0 Å². The quantitative estimate of drug-likeness (QED) is 0.752. The van der Waals surface area contributed by atoms with E-state index < -0.39 is 17.9 Å². The third-order valence-corrected chi connectivity index (χ3v) is 2.78. The van der Waals surface area contributed by atoms with Crippen LogP contribution in [0.15, 0.2) is 0 Å². The van der Waals surface area contributed by atoms with E-state index in [-0.39, 0.29) is 7.43 Å². The van der Waals surface area contributed by atoms with Crippen molar-refractivity contribution in [3.8, 4) is 0 Å². The summed E-state index contributed by atoms with van der Waals surface area (Å²) < 4.78 is 10.5. The molecule has 14 heavy (non-hydrogen) atoms. The predicted octanol–water partition coefficient (Wildman–Crippen LogP) is 3.47. The van der Waals surface area contributed by atoms with Gasteiger partial charge < -0.3 is 13.9 Å². The van der Waals surface area contributed by atoms with Crippen LogP contribution in [-0.2, 0) is 20.9 Å². The molecule has 0 rings (SSSR count). The lowest BCUT2D eigenvalue weighted by molar-refractivity contribution is 0.0450. The first-order chi connectivity index (χ1) is 5.41. The van der Waals surface area contributed by atoms with Crippen molar-refractivity contribution in [1.82, 2.24) is 0 Å². The van der Waals surface area contributed by atoms with E-state index in [1.807, 2.05) is 41.5 Å². The lowest BCUT2D eigenvalue weighted by atomic mass is 10.2. The van der Waals surface area contributed by atoms with Crippen LogP contribution in [0, 0.1) is 0 Å².